The summed E-state index contributed by atoms with van der Waals surface area (Å²) in [6.45, 7) is 2.98. The number of halogens is 2. The predicted molar refractivity (Wildman–Crippen MR) is 127 cm³/mol. The van der Waals surface area contributed by atoms with Crippen molar-refractivity contribution in [3.63, 3.8) is 0 Å². The SMILES string of the molecule is CCOC(=O)c1cnc2c(cnn2C[C@H](Cl)c2ccccc2)c1NCCc1ccc(F)cc1. The number of benzene rings is 2. The molecule has 33 heavy (non-hydrogen) atoms. The number of carbonyl (C=O) groups is 1. The van der Waals surface area contributed by atoms with Crippen molar-refractivity contribution in [2.75, 3.05) is 18.5 Å². The molecule has 0 aliphatic carbocycles. The summed E-state index contributed by atoms with van der Waals surface area (Å²) in [6, 6.07) is 16.1. The lowest BCUT2D eigenvalue weighted by atomic mass is 10.1. The number of nitrogens with zero attached hydrogens (tertiary/aromatic N) is 3. The van der Waals surface area contributed by atoms with Gasteiger partial charge < -0.3 is 10.1 Å². The first-order valence-corrected chi connectivity index (χ1v) is 11.2. The summed E-state index contributed by atoms with van der Waals surface area (Å²) < 4.78 is 20.1. The third-order valence-corrected chi connectivity index (χ3v) is 5.67. The van der Waals surface area contributed by atoms with Gasteiger partial charge in [-0.1, -0.05) is 42.5 Å². The molecular weight excluding hydrogens is 443 g/mol. The molecule has 4 aromatic rings. The summed E-state index contributed by atoms with van der Waals surface area (Å²) in [7, 11) is 0. The number of rotatable bonds is 9. The van der Waals surface area contributed by atoms with Gasteiger partial charge in [0, 0.05) is 12.7 Å². The van der Waals surface area contributed by atoms with E-state index in [1.54, 1.807) is 29.9 Å². The Kier molecular flexibility index (Phi) is 7.19. The van der Waals surface area contributed by atoms with Crippen LogP contribution in [0.1, 0.15) is 33.8 Å². The van der Waals surface area contributed by atoms with E-state index in [2.05, 4.69) is 15.4 Å². The maximum absolute atomic E-state index is 13.2. The average Bonchev–Trinajstić information content (AvgIpc) is 3.24. The van der Waals surface area contributed by atoms with Gasteiger partial charge in [-0.05, 0) is 36.6 Å². The molecule has 1 N–H and O–H groups in total. The Morgan fingerprint density at radius 2 is 1.91 bits per heavy atom. The van der Waals surface area contributed by atoms with E-state index in [0.29, 0.717) is 41.8 Å². The lowest BCUT2D eigenvalue weighted by Crippen LogP contribution is -2.13. The standard InChI is InChI=1S/C25H24ClFN4O2/c1-2-33-25(32)21-14-29-24-20(23(21)28-13-12-17-8-10-19(27)11-9-17)15-30-31(24)16-22(26)18-6-4-3-5-7-18/h3-11,14-15,22H,2,12-13,16H2,1H3,(H,28,29)/t22-/m0/s1. The van der Waals surface area contributed by atoms with Crippen molar-refractivity contribution in [1.29, 1.82) is 0 Å². The van der Waals surface area contributed by atoms with Gasteiger partial charge in [-0.25, -0.2) is 18.9 Å². The Morgan fingerprint density at radius 1 is 1.15 bits per heavy atom. The van der Waals surface area contributed by atoms with Crippen LogP contribution >= 0.6 is 11.6 Å². The lowest BCUT2D eigenvalue weighted by molar-refractivity contribution is 0.0527. The van der Waals surface area contributed by atoms with E-state index in [9.17, 15) is 9.18 Å². The van der Waals surface area contributed by atoms with E-state index in [1.807, 2.05) is 30.3 Å². The van der Waals surface area contributed by atoms with Crippen molar-refractivity contribution in [3.8, 4) is 0 Å². The fraction of sp³-hybridized carbons (Fsp3) is 0.240. The summed E-state index contributed by atoms with van der Waals surface area (Å²) in [5, 5.41) is 8.24. The van der Waals surface area contributed by atoms with Crippen molar-refractivity contribution in [2.24, 2.45) is 0 Å². The third kappa shape index (κ3) is 5.31. The van der Waals surface area contributed by atoms with Crippen LogP contribution in [-0.2, 0) is 17.7 Å². The van der Waals surface area contributed by atoms with Crippen molar-refractivity contribution in [3.05, 3.63) is 89.5 Å². The van der Waals surface area contributed by atoms with Gasteiger partial charge >= 0.3 is 5.97 Å². The third-order valence-electron chi connectivity index (χ3n) is 5.28. The van der Waals surface area contributed by atoms with Crippen molar-refractivity contribution in [1.82, 2.24) is 14.8 Å². The van der Waals surface area contributed by atoms with Crippen LogP contribution in [0.2, 0.25) is 0 Å². The highest BCUT2D eigenvalue weighted by molar-refractivity contribution is 6.20. The Hall–Kier alpha value is -3.45. The summed E-state index contributed by atoms with van der Waals surface area (Å²) in [6.07, 6.45) is 3.84. The fourth-order valence-electron chi connectivity index (χ4n) is 3.62. The number of esters is 1. The minimum Gasteiger partial charge on any atom is -0.462 e. The van der Waals surface area contributed by atoms with E-state index >= 15 is 0 Å². The smallest absolute Gasteiger partial charge is 0.341 e. The van der Waals surface area contributed by atoms with Crippen LogP contribution in [0.15, 0.2) is 67.0 Å². The fourth-order valence-corrected chi connectivity index (χ4v) is 3.89. The van der Waals surface area contributed by atoms with Gasteiger partial charge in [0.1, 0.15) is 11.4 Å². The molecule has 0 radical (unpaired) electrons. The second-order valence-corrected chi connectivity index (χ2v) is 8.04. The van der Waals surface area contributed by atoms with Crippen LogP contribution in [0.5, 0.6) is 0 Å². The van der Waals surface area contributed by atoms with Gasteiger partial charge in [0.05, 0.1) is 35.8 Å². The van der Waals surface area contributed by atoms with Gasteiger partial charge in [0.2, 0.25) is 0 Å². The molecular formula is C25H24ClFN4O2. The van der Waals surface area contributed by atoms with E-state index in [-0.39, 0.29) is 17.8 Å². The largest absolute Gasteiger partial charge is 0.462 e. The molecule has 4 rings (SSSR count). The number of hydrogen-bond acceptors (Lipinski definition) is 5. The molecule has 6 nitrogen and oxygen atoms in total. The molecule has 0 saturated heterocycles. The molecule has 170 valence electrons. The Bertz CT molecular complexity index is 1230. The Balaban J connectivity index is 1.61. The number of anilines is 1. The monoisotopic (exact) mass is 466 g/mol. The molecule has 2 aromatic carbocycles. The summed E-state index contributed by atoms with van der Waals surface area (Å²) in [5.41, 5.74) is 3.54. The zero-order valence-electron chi connectivity index (χ0n) is 18.2. The molecule has 0 fully saturated rings. The number of pyridine rings is 1. The van der Waals surface area contributed by atoms with Crippen molar-refractivity contribution < 1.29 is 13.9 Å². The number of aromatic nitrogens is 3. The van der Waals surface area contributed by atoms with E-state index < -0.39 is 5.97 Å². The van der Waals surface area contributed by atoms with Crippen LogP contribution in [0.4, 0.5) is 10.1 Å². The minimum atomic E-state index is -0.455. The van der Waals surface area contributed by atoms with Gasteiger partial charge in [0.15, 0.2) is 5.65 Å². The predicted octanol–water partition coefficient (Wildman–Crippen LogP) is 5.38. The second-order valence-electron chi connectivity index (χ2n) is 7.51. The zero-order chi connectivity index (χ0) is 23.2. The summed E-state index contributed by atoms with van der Waals surface area (Å²) in [5.74, 6) is -0.726. The molecule has 0 aliphatic rings. The average molecular weight is 467 g/mol. The molecule has 2 heterocycles. The van der Waals surface area contributed by atoms with Crippen LogP contribution < -0.4 is 5.32 Å². The molecule has 0 aliphatic heterocycles. The van der Waals surface area contributed by atoms with Crippen LogP contribution in [0, 0.1) is 5.82 Å². The van der Waals surface area contributed by atoms with Crippen LogP contribution in [0.25, 0.3) is 11.0 Å². The van der Waals surface area contributed by atoms with Crippen LogP contribution in [-0.4, -0.2) is 33.9 Å². The zero-order valence-corrected chi connectivity index (χ0v) is 18.9. The maximum atomic E-state index is 13.2. The van der Waals surface area contributed by atoms with Gasteiger partial charge in [-0.15, -0.1) is 11.6 Å². The summed E-state index contributed by atoms with van der Waals surface area (Å²) in [4.78, 5) is 17.0. The van der Waals surface area contributed by atoms with Crippen molar-refractivity contribution in [2.45, 2.75) is 25.3 Å². The number of alkyl halides is 1. The maximum Gasteiger partial charge on any atom is 0.341 e. The molecule has 0 bridgehead atoms. The number of carbonyl (C=O) groups excluding carboxylic acids is 1. The quantitative estimate of drug-likeness (QED) is 0.265. The highest BCUT2D eigenvalue weighted by Crippen LogP contribution is 2.29. The molecule has 2 aromatic heterocycles. The first kappa shape index (κ1) is 22.7. The van der Waals surface area contributed by atoms with Gasteiger partial charge in [0.25, 0.3) is 0 Å². The number of nitrogens with one attached hydrogen (secondary N) is 1. The molecule has 0 amide bonds. The molecule has 0 spiro atoms. The minimum absolute atomic E-state index is 0.260. The normalized spacial score (nSPS) is 12.0. The number of ether oxygens (including phenoxy) is 1. The molecule has 1 atom stereocenters. The van der Waals surface area contributed by atoms with Gasteiger partial charge in [-0.3, -0.25) is 0 Å². The first-order chi connectivity index (χ1) is 16.1. The Labute approximate surface area is 196 Å². The van der Waals surface area contributed by atoms with Gasteiger partial charge in [-0.2, -0.15) is 5.10 Å². The summed E-state index contributed by atoms with van der Waals surface area (Å²) >= 11 is 6.62. The Morgan fingerprint density at radius 3 is 2.64 bits per heavy atom. The van der Waals surface area contributed by atoms with Crippen molar-refractivity contribution >= 4 is 34.3 Å². The second kappa shape index (κ2) is 10.4. The topological polar surface area (TPSA) is 69.0 Å². The lowest BCUT2D eigenvalue weighted by Gasteiger charge is -2.14. The highest BCUT2D eigenvalue weighted by atomic mass is 35.5. The molecule has 0 unspecified atom stereocenters. The van der Waals surface area contributed by atoms with E-state index in [0.717, 1.165) is 11.1 Å². The van der Waals surface area contributed by atoms with E-state index in [1.165, 1.54) is 18.3 Å². The number of hydrogen-bond donors (Lipinski definition) is 1. The number of fused-ring (bicyclic) bond motifs is 1. The molecule has 0 saturated carbocycles. The van der Waals surface area contributed by atoms with E-state index in [4.69, 9.17) is 16.3 Å². The van der Waals surface area contributed by atoms with Crippen LogP contribution in [0.3, 0.4) is 0 Å². The highest BCUT2D eigenvalue weighted by Gasteiger charge is 2.20. The first-order valence-electron chi connectivity index (χ1n) is 10.8. The molecule has 8 heteroatoms.